The number of nitriles is 1. The van der Waals surface area contributed by atoms with Crippen LogP contribution in [0.1, 0.15) is 30.5 Å². The topological polar surface area (TPSA) is 27.0 Å². The normalized spacial score (nSPS) is 12.9. The maximum atomic E-state index is 10.0. The summed E-state index contributed by atoms with van der Waals surface area (Å²) in [4.78, 5) is 2.24. The molecule has 172 valence electrons. The van der Waals surface area contributed by atoms with E-state index in [9.17, 15) is 5.26 Å². The highest BCUT2D eigenvalue weighted by Gasteiger charge is 2.35. The lowest BCUT2D eigenvalue weighted by molar-refractivity contribution is 0.660. The molecule has 0 radical (unpaired) electrons. The summed E-state index contributed by atoms with van der Waals surface area (Å²) in [5, 5.41) is 10.0. The summed E-state index contributed by atoms with van der Waals surface area (Å²) in [6.45, 7) is 4.60. The zero-order chi connectivity index (χ0) is 24.7. The van der Waals surface area contributed by atoms with Crippen LogP contribution in [0, 0.1) is 11.3 Å². The van der Waals surface area contributed by atoms with Gasteiger partial charge in [-0.15, -0.1) is 0 Å². The fourth-order valence-corrected chi connectivity index (χ4v) is 5.53. The number of rotatable bonds is 4. The first-order chi connectivity index (χ1) is 17.6. The standard InChI is InChI=1S/C34H26N2/c1-34(2)30-17-9-7-16-28(30)29-21-20-26(22-31(29)34)36(32-18-10-6-14-25(32)23-35)33-19-11-8-15-27(33)24-12-4-3-5-13-24/h3-22H,1-2H3. The van der Waals surface area contributed by atoms with Crippen LogP contribution in [0.4, 0.5) is 17.1 Å². The first-order valence-corrected chi connectivity index (χ1v) is 12.3. The van der Waals surface area contributed by atoms with Gasteiger partial charge in [0.2, 0.25) is 0 Å². The smallest absolute Gasteiger partial charge is 0.101 e. The molecule has 0 N–H and O–H groups in total. The van der Waals surface area contributed by atoms with Gasteiger partial charge in [-0.2, -0.15) is 5.26 Å². The van der Waals surface area contributed by atoms with Crippen LogP contribution in [0.15, 0.2) is 121 Å². The van der Waals surface area contributed by atoms with Crippen molar-refractivity contribution in [3.63, 3.8) is 0 Å². The van der Waals surface area contributed by atoms with E-state index in [1.165, 1.54) is 22.3 Å². The monoisotopic (exact) mass is 462 g/mol. The van der Waals surface area contributed by atoms with E-state index in [0.717, 1.165) is 28.2 Å². The van der Waals surface area contributed by atoms with Gasteiger partial charge in [-0.1, -0.05) is 105 Å². The van der Waals surface area contributed by atoms with Gasteiger partial charge in [0.25, 0.3) is 0 Å². The number of para-hydroxylation sites is 2. The summed E-state index contributed by atoms with van der Waals surface area (Å²) in [5.74, 6) is 0. The predicted molar refractivity (Wildman–Crippen MR) is 149 cm³/mol. The molecule has 2 nitrogen and oxygen atoms in total. The maximum Gasteiger partial charge on any atom is 0.101 e. The largest absolute Gasteiger partial charge is 0.309 e. The third-order valence-electron chi connectivity index (χ3n) is 7.32. The van der Waals surface area contributed by atoms with E-state index in [1.807, 2.05) is 30.3 Å². The van der Waals surface area contributed by atoms with Gasteiger partial charge in [0, 0.05) is 16.7 Å². The zero-order valence-corrected chi connectivity index (χ0v) is 20.4. The fourth-order valence-electron chi connectivity index (χ4n) is 5.53. The van der Waals surface area contributed by atoms with Crippen molar-refractivity contribution in [2.24, 2.45) is 0 Å². The van der Waals surface area contributed by atoms with Crippen molar-refractivity contribution >= 4 is 17.1 Å². The van der Waals surface area contributed by atoms with Crippen molar-refractivity contribution in [3.8, 4) is 28.3 Å². The van der Waals surface area contributed by atoms with Crippen molar-refractivity contribution in [3.05, 3.63) is 138 Å². The van der Waals surface area contributed by atoms with E-state index >= 15 is 0 Å². The van der Waals surface area contributed by atoms with Crippen LogP contribution in [0.3, 0.4) is 0 Å². The molecule has 0 saturated heterocycles. The van der Waals surface area contributed by atoms with Gasteiger partial charge >= 0.3 is 0 Å². The fraction of sp³-hybridized carbons (Fsp3) is 0.0882. The molecule has 0 bridgehead atoms. The summed E-state index contributed by atoms with van der Waals surface area (Å²) < 4.78 is 0. The van der Waals surface area contributed by atoms with Gasteiger partial charge in [-0.3, -0.25) is 0 Å². The molecule has 0 aliphatic heterocycles. The van der Waals surface area contributed by atoms with Gasteiger partial charge in [-0.25, -0.2) is 0 Å². The Morgan fingerprint density at radius 3 is 1.97 bits per heavy atom. The molecule has 5 aromatic carbocycles. The van der Waals surface area contributed by atoms with Gasteiger partial charge in [0.1, 0.15) is 6.07 Å². The van der Waals surface area contributed by atoms with Gasteiger partial charge in [-0.05, 0) is 58.1 Å². The third-order valence-corrected chi connectivity index (χ3v) is 7.32. The molecule has 36 heavy (non-hydrogen) atoms. The van der Waals surface area contributed by atoms with Crippen LogP contribution in [0.5, 0.6) is 0 Å². The highest BCUT2D eigenvalue weighted by Crippen LogP contribution is 2.51. The Bertz CT molecular complexity index is 1620. The maximum absolute atomic E-state index is 10.0. The Kier molecular flexibility index (Phi) is 5.20. The molecule has 0 saturated carbocycles. The molecule has 5 aromatic rings. The molecule has 0 spiro atoms. The lowest BCUT2D eigenvalue weighted by Crippen LogP contribution is -2.17. The number of anilines is 3. The number of nitrogens with zero attached hydrogens (tertiary/aromatic N) is 2. The number of hydrogen-bond acceptors (Lipinski definition) is 2. The van der Waals surface area contributed by atoms with E-state index in [4.69, 9.17) is 0 Å². The number of benzene rings is 5. The molecule has 0 heterocycles. The van der Waals surface area contributed by atoms with Crippen LogP contribution >= 0.6 is 0 Å². The predicted octanol–water partition coefficient (Wildman–Crippen LogP) is 9.00. The second-order valence-electron chi connectivity index (χ2n) is 9.75. The SMILES string of the molecule is CC1(C)c2ccccc2-c2ccc(N(c3ccccc3C#N)c3ccccc3-c3ccccc3)cc21. The van der Waals surface area contributed by atoms with E-state index in [2.05, 4.69) is 116 Å². The second kappa shape index (κ2) is 8.56. The first-order valence-electron chi connectivity index (χ1n) is 12.3. The van der Waals surface area contributed by atoms with Crippen LogP contribution in [-0.2, 0) is 5.41 Å². The van der Waals surface area contributed by atoms with Crippen molar-refractivity contribution in [2.75, 3.05) is 4.90 Å². The molecule has 6 rings (SSSR count). The minimum Gasteiger partial charge on any atom is -0.309 e. The number of fused-ring (bicyclic) bond motifs is 3. The van der Waals surface area contributed by atoms with Crippen LogP contribution in [0.2, 0.25) is 0 Å². The molecule has 0 fully saturated rings. The molecule has 1 aliphatic rings. The van der Waals surface area contributed by atoms with E-state index < -0.39 is 0 Å². The highest BCUT2D eigenvalue weighted by molar-refractivity contribution is 5.91. The average Bonchev–Trinajstić information content (AvgIpc) is 3.16. The molecular formula is C34H26N2. The Balaban J connectivity index is 1.61. The molecule has 1 aliphatic carbocycles. The summed E-state index contributed by atoms with van der Waals surface area (Å²) in [6.07, 6.45) is 0. The minimum atomic E-state index is -0.110. The highest BCUT2D eigenvalue weighted by atomic mass is 15.1. The molecule has 0 amide bonds. The van der Waals surface area contributed by atoms with Gasteiger partial charge in [0.05, 0.1) is 16.9 Å². The number of hydrogen-bond donors (Lipinski definition) is 0. The lowest BCUT2D eigenvalue weighted by Gasteiger charge is -2.30. The molecule has 0 aromatic heterocycles. The summed E-state index contributed by atoms with van der Waals surface area (Å²) in [7, 11) is 0. The lowest BCUT2D eigenvalue weighted by atomic mass is 9.82. The van der Waals surface area contributed by atoms with Crippen molar-refractivity contribution in [1.82, 2.24) is 0 Å². The Morgan fingerprint density at radius 1 is 0.583 bits per heavy atom. The van der Waals surface area contributed by atoms with Crippen LogP contribution < -0.4 is 4.90 Å². The van der Waals surface area contributed by atoms with Crippen LogP contribution in [0.25, 0.3) is 22.3 Å². The van der Waals surface area contributed by atoms with Gasteiger partial charge in [0.15, 0.2) is 0 Å². The zero-order valence-electron chi connectivity index (χ0n) is 20.4. The molecule has 0 unspecified atom stereocenters. The first kappa shape index (κ1) is 21.9. The van der Waals surface area contributed by atoms with Crippen molar-refractivity contribution in [2.45, 2.75) is 19.3 Å². The van der Waals surface area contributed by atoms with Gasteiger partial charge < -0.3 is 4.90 Å². The third kappa shape index (κ3) is 3.41. The minimum absolute atomic E-state index is 0.110. The molecule has 0 atom stereocenters. The summed E-state index contributed by atoms with van der Waals surface area (Å²) in [6, 6.07) is 44.6. The quantitative estimate of drug-likeness (QED) is 0.266. The van der Waals surface area contributed by atoms with Crippen molar-refractivity contribution in [1.29, 1.82) is 5.26 Å². The Morgan fingerprint density at radius 2 is 1.19 bits per heavy atom. The summed E-state index contributed by atoms with van der Waals surface area (Å²) >= 11 is 0. The summed E-state index contributed by atoms with van der Waals surface area (Å²) in [5.41, 5.74) is 11.0. The average molecular weight is 463 g/mol. The van der Waals surface area contributed by atoms with E-state index in [-0.39, 0.29) is 5.41 Å². The van der Waals surface area contributed by atoms with E-state index in [1.54, 1.807) is 0 Å². The Hall–Kier alpha value is -4.61. The molecule has 2 heteroatoms. The van der Waals surface area contributed by atoms with Crippen molar-refractivity contribution < 1.29 is 0 Å². The second-order valence-corrected chi connectivity index (χ2v) is 9.75. The Labute approximate surface area is 212 Å². The van der Waals surface area contributed by atoms with E-state index in [0.29, 0.717) is 5.56 Å². The molecular weight excluding hydrogens is 436 g/mol. The van der Waals surface area contributed by atoms with Crippen LogP contribution in [-0.4, -0.2) is 0 Å².